The fraction of sp³-hybridized carbons (Fsp3) is 1.00. The van der Waals surface area contributed by atoms with Crippen molar-refractivity contribution in [1.29, 1.82) is 0 Å². The Hall–Kier alpha value is 0.130. The largest absolute Gasteiger partial charge is 0.395 e. The molecule has 14 heavy (non-hydrogen) atoms. The van der Waals surface area contributed by atoms with Gasteiger partial charge in [-0.15, -0.1) is 11.6 Å². The molecular formula is C9H20ClNO3. The summed E-state index contributed by atoms with van der Waals surface area (Å²) in [6.45, 7) is 4.36. The molecule has 0 aromatic carbocycles. The Labute approximate surface area is 90.7 Å². The number of ether oxygens (including phenoxy) is 2. The molecule has 0 unspecified atom stereocenters. The van der Waals surface area contributed by atoms with Crippen molar-refractivity contribution < 1.29 is 14.6 Å². The number of aliphatic hydroxyl groups excluding tert-OH is 1. The Morgan fingerprint density at radius 3 is 2.43 bits per heavy atom. The van der Waals surface area contributed by atoms with E-state index in [0.29, 0.717) is 32.2 Å². The molecule has 4 nitrogen and oxygen atoms in total. The Morgan fingerprint density at radius 2 is 1.86 bits per heavy atom. The first-order valence-electron chi connectivity index (χ1n) is 4.81. The SMILES string of the molecule is COCCN(CCO)CCOCCCl. The molecule has 0 amide bonds. The minimum absolute atomic E-state index is 0.166. The van der Waals surface area contributed by atoms with Gasteiger partial charge in [0, 0.05) is 32.6 Å². The van der Waals surface area contributed by atoms with Gasteiger partial charge in [0.2, 0.25) is 0 Å². The number of methoxy groups -OCH3 is 1. The maximum Gasteiger partial charge on any atom is 0.0602 e. The molecular weight excluding hydrogens is 206 g/mol. The van der Waals surface area contributed by atoms with Gasteiger partial charge in [0.25, 0.3) is 0 Å². The minimum atomic E-state index is 0.166. The number of rotatable bonds is 10. The van der Waals surface area contributed by atoms with E-state index in [9.17, 15) is 0 Å². The van der Waals surface area contributed by atoms with Crippen LogP contribution >= 0.6 is 11.6 Å². The van der Waals surface area contributed by atoms with Gasteiger partial charge in [0.15, 0.2) is 0 Å². The van der Waals surface area contributed by atoms with Crippen LogP contribution in [0.15, 0.2) is 0 Å². The topological polar surface area (TPSA) is 41.9 Å². The summed E-state index contributed by atoms with van der Waals surface area (Å²) in [6, 6.07) is 0. The second-order valence-electron chi connectivity index (χ2n) is 2.86. The zero-order chi connectivity index (χ0) is 10.6. The molecule has 0 aromatic heterocycles. The van der Waals surface area contributed by atoms with Crippen LogP contribution in [-0.2, 0) is 9.47 Å². The number of aliphatic hydroxyl groups is 1. The third kappa shape index (κ3) is 8.72. The highest BCUT2D eigenvalue weighted by molar-refractivity contribution is 6.17. The molecule has 0 saturated heterocycles. The number of alkyl halides is 1. The van der Waals surface area contributed by atoms with Crippen molar-refractivity contribution in [2.24, 2.45) is 0 Å². The third-order valence-corrected chi connectivity index (χ3v) is 1.96. The van der Waals surface area contributed by atoms with E-state index in [4.69, 9.17) is 26.2 Å². The van der Waals surface area contributed by atoms with E-state index in [1.807, 2.05) is 0 Å². The van der Waals surface area contributed by atoms with Gasteiger partial charge in [0.05, 0.1) is 26.4 Å². The average Bonchev–Trinajstić information content (AvgIpc) is 2.20. The van der Waals surface area contributed by atoms with Crippen LogP contribution in [0.4, 0.5) is 0 Å². The van der Waals surface area contributed by atoms with E-state index in [1.54, 1.807) is 7.11 Å². The summed E-state index contributed by atoms with van der Waals surface area (Å²) in [5.41, 5.74) is 0. The van der Waals surface area contributed by atoms with Crippen molar-refractivity contribution in [2.45, 2.75) is 0 Å². The lowest BCUT2D eigenvalue weighted by molar-refractivity contribution is 0.0858. The summed E-state index contributed by atoms with van der Waals surface area (Å²) >= 11 is 5.46. The van der Waals surface area contributed by atoms with Gasteiger partial charge in [0.1, 0.15) is 0 Å². The highest BCUT2D eigenvalue weighted by atomic mass is 35.5. The molecule has 1 N–H and O–H groups in total. The van der Waals surface area contributed by atoms with Crippen LogP contribution in [0, 0.1) is 0 Å². The normalized spacial score (nSPS) is 11.1. The summed E-state index contributed by atoms with van der Waals surface area (Å²) in [6.07, 6.45) is 0. The van der Waals surface area contributed by atoms with E-state index in [1.165, 1.54) is 0 Å². The molecule has 86 valence electrons. The van der Waals surface area contributed by atoms with Crippen molar-refractivity contribution in [3.05, 3.63) is 0 Å². The average molecular weight is 226 g/mol. The van der Waals surface area contributed by atoms with Crippen molar-refractivity contribution >= 4 is 11.6 Å². The Balaban J connectivity index is 3.40. The molecule has 0 rings (SSSR count). The van der Waals surface area contributed by atoms with Crippen molar-refractivity contribution in [2.75, 3.05) is 59.1 Å². The van der Waals surface area contributed by atoms with Crippen LogP contribution < -0.4 is 0 Å². The fourth-order valence-electron chi connectivity index (χ4n) is 1.05. The van der Waals surface area contributed by atoms with Gasteiger partial charge in [-0.1, -0.05) is 0 Å². The molecule has 0 spiro atoms. The van der Waals surface area contributed by atoms with E-state index in [2.05, 4.69) is 4.90 Å². The first kappa shape index (κ1) is 14.1. The van der Waals surface area contributed by atoms with Crippen molar-refractivity contribution in [3.63, 3.8) is 0 Å². The second kappa shape index (κ2) is 11.2. The summed E-state index contributed by atoms with van der Waals surface area (Å²) in [5.74, 6) is 0.526. The van der Waals surface area contributed by atoms with Crippen molar-refractivity contribution in [3.8, 4) is 0 Å². The fourth-order valence-corrected chi connectivity index (χ4v) is 1.16. The molecule has 0 radical (unpaired) electrons. The standard InChI is InChI=1S/C9H20ClNO3/c1-13-8-4-11(3-6-12)5-9-14-7-2-10/h12H,2-9H2,1H3. The van der Waals surface area contributed by atoms with Crippen LogP contribution in [-0.4, -0.2) is 69.1 Å². The molecule has 5 heteroatoms. The lowest BCUT2D eigenvalue weighted by Gasteiger charge is -2.20. The van der Waals surface area contributed by atoms with E-state index < -0.39 is 0 Å². The summed E-state index contributed by atoms with van der Waals surface area (Å²) in [5, 5.41) is 8.79. The van der Waals surface area contributed by atoms with Crippen LogP contribution in [0.3, 0.4) is 0 Å². The quantitative estimate of drug-likeness (QED) is 0.426. The van der Waals surface area contributed by atoms with Crippen molar-refractivity contribution in [1.82, 2.24) is 4.90 Å². The molecule has 0 aromatic rings. The highest BCUT2D eigenvalue weighted by Gasteiger charge is 2.02. The second-order valence-corrected chi connectivity index (χ2v) is 3.24. The monoisotopic (exact) mass is 225 g/mol. The van der Waals surface area contributed by atoms with Crippen LogP contribution in [0.2, 0.25) is 0 Å². The Kier molecular flexibility index (Phi) is 11.3. The molecule has 0 fully saturated rings. The van der Waals surface area contributed by atoms with Gasteiger partial charge in [-0.05, 0) is 0 Å². The van der Waals surface area contributed by atoms with Gasteiger partial charge >= 0.3 is 0 Å². The summed E-state index contributed by atoms with van der Waals surface area (Å²) in [7, 11) is 1.67. The van der Waals surface area contributed by atoms with Crippen LogP contribution in [0.5, 0.6) is 0 Å². The predicted molar refractivity (Wildman–Crippen MR) is 56.9 cm³/mol. The number of hydrogen-bond donors (Lipinski definition) is 1. The number of halogens is 1. The van der Waals surface area contributed by atoms with E-state index >= 15 is 0 Å². The lowest BCUT2D eigenvalue weighted by Crippen LogP contribution is -2.33. The smallest absolute Gasteiger partial charge is 0.0602 e. The van der Waals surface area contributed by atoms with E-state index in [0.717, 1.165) is 13.1 Å². The molecule has 0 aliphatic heterocycles. The van der Waals surface area contributed by atoms with Gasteiger partial charge < -0.3 is 14.6 Å². The van der Waals surface area contributed by atoms with Gasteiger partial charge in [-0.2, -0.15) is 0 Å². The Bertz CT molecular complexity index is 116. The van der Waals surface area contributed by atoms with Gasteiger partial charge in [-0.25, -0.2) is 0 Å². The molecule has 0 saturated carbocycles. The molecule has 0 aliphatic carbocycles. The summed E-state index contributed by atoms with van der Waals surface area (Å²) < 4.78 is 10.2. The van der Waals surface area contributed by atoms with Crippen LogP contribution in [0.25, 0.3) is 0 Å². The predicted octanol–water partition coefficient (Wildman–Crippen LogP) is 0.183. The minimum Gasteiger partial charge on any atom is -0.395 e. The molecule has 0 heterocycles. The highest BCUT2D eigenvalue weighted by Crippen LogP contribution is 1.89. The Morgan fingerprint density at radius 1 is 1.14 bits per heavy atom. The first-order chi connectivity index (χ1) is 6.85. The van der Waals surface area contributed by atoms with Crippen LogP contribution in [0.1, 0.15) is 0 Å². The number of hydrogen-bond acceptors (Lipinski definition) is 4. The third-order valence-electron chi connectivity index (χ3n) is 1.80. The van der Waals surface area contributed by atoms with Gasteiger partial charge in [-0.3, -0.25) is 4.90 Å². The van der Waals surface area contributed by atoms with E-state index in [-0.39, 0.29) is 6.61 Å². The molecule has 0 atom stereocenters. The number of nitrogens with zero attached hydrogens (tertiary/aromatic N) is 1. The zero-order valence-corrected chi connectivity index (χ0v) is 9.50. The molecule has 0 bridgehead atoms. The zero-order valence-electron chi connectivity index (χ0n) is 8.75. The summed E-state index contributed by atoms with van der Waals surface area (Å²) in [4.78, 5) is 2.09. The molecule has 0 aliphatic rings. The maximum atomic E-state index is 8.79. The first-order valence-corrected chi connectivity index (χ1v) is 5.34. The maximum absolute atomic E-state index is 8.79. The lowest BCUT2D eigenvalue weighted by atomic mass is 10.4.